The predicted octanol–water partition coefficient (Wildman–Crippen LogP) is 4.98. The number of allylic oxidation sites excluding steroid dienone is 1. The third-order valence-electron chi connectivity index (χ3n) is 3.88. The second kappa shape index (κ2) is 9.79. The molecule has 5 heteroatoms. The van der Waals surface area contributed by atoms with Crippen molar-refractivity contribution in [3.05, 3.63) is 65.1 Å². The van der Waals surface area contributed by atoms with Crippen molar-refractivity contribution in [2.45, 2.75) is 37.5 Å². The molecule has 0 amide bonds. The van der Waals surface area contributed by atoms with Crippen molar-refractivity contribution in [2.24, 2.45) is 0 Å². The van der Waals surface area contributed by atoms with Crippen LogP contribution in [0.2, 0.25) is 0 Å². The first kappa shape index (κ1) is 19.7. The fourth-order valence-corrected chi connectivity index (χ4v) is 3.64. The van der Waals surface area contributed by atoms with E-state index in [4.69, 9.17) is 4.74 Å². The molecule has 0 aromatic heterocycles. The second-order valence-corrected chi connectivity index (χ2v) is 7.84. The molecule has 0 fully saturated rings. The maximum Gasteiger partial charge on any atom is 0.216 e. The Balaban J connectivity index is 2.17. The Kier molecular flexibility index (Phi) is 7.43. The summed E-state index contributed by atoms with van der Waals surface area (Å²) in [7, 11) is -3.83. The van der Waals surface area contributed by atoms with Gasteiger partial charge in [-0.15, -0.1) is 0 Å². The molecule has 2 aromatic rings. The van der Waals surface area contributed by atoms with Crippen molar-refractivity contribution in [3.8, 4) is 11.8 Å². The van der Waals surface area contributed by atoms with E-state index in [0.29, 0.717) is 17.9 Å². The number of nitriles is 1. The third kappa shape index (κ3) is 5.47. The lowest BCUT2D eigenvalue weighted by Crippen LogP contribution is -2.03. The SMILES string of the molecule is CCCCCCOc1cccc(C=C(C#N)S(=O)(=O)c2ccccc2)c1. The Labute approximate surface area is 155 Å². The molecule has 0 heterocycles. The summed E-state index contributed by atoms with van der Waals surface area (Å²) < 4.78 is 30.9. The minimum Gasteiger partial charge on any atom is -0.494 e. The number of hydrogen-bond acceptors (Lipinski definition) is 4. The van der Waals surface area contributed by atoms with Crippen LogP contribution < -0.4 is 4.74 Å². The van der Waals surface area contributed by atoms with Crippen LogP contribution >= 0.6 is 0 Å². The third-order valence-corrected chi connectivity index (χ3v) is 5.56. The van der Waals surface area contributed by atoms with Gasteiger partial charge in [0.05, 0.1) is 11.5 Å². The molecular weight excluding hydrogens is 346 g/mol. The largest absolute Gasteiger partial charge is 0.494 e. The monoisotopic (exact) mass is 369 g/mol. The summed E-state index contributed by atoms with van der Waals surface area (Å²) in [5, 5.41) is 9.35. The van der Waals surface area contributed by atoms with Crippen LogP contribution in [0.5, 0.6) is 5.75 Å². The number of rotatable bonds is 9. The normalized spacial score (nSPS) is 11.8. The molecule has 2 aromatic carbocycles. The Bertz CT molecular complexity index is 881. The van der Waals surface area contributed by atoms with Gasteiger partial charge in [0.1, 0.15) is 16.7 Å². The molecule has 0 aliphatic heterocycles. The Hall–Kier alpha value is -2.58. The van der Waals surface area contributed by atoms with E-state index < -0.39 is 9.84 Å². The molecule has 0 radical (unpaired) electrons. The highest BCUT2D eigenvalue weighted by atomic mass is 32.2. The summed E-state index contributed by atoms with van der Waals surface area (Å²) in [6, 6.07) is 16.9. The Morgan fingerprint density at radius 2 is 1.85 bits per heavy atom. The second-order valence-electron chi connectivity index (χ2n) is 5.92. The van der Waals surface area contributed by atoms with E-state index in [1.54, 1.807) is 36.4 Å². The molecule has 0 bridgehead atoms. The minimum atomic E-state index is -3.83. The first-order valence-electron chi connectivity index (χ1n) is 8.72. The van der Waals surface area contributed by atoms with E-state index in [1.165, 1.54) is 31.1 Å². The topological polar surface area (TPSA) is 67.2 Å². The van der Waals surface area contributed by atoms with Gasteiger partial charge in [-0.3, -0.25) is 0 Å². The van der Waals surface area contributed by atoms with Crippen LogP contribution in [-0.4, -0.2) is 15.0 Å². The fraction of sp³-hybridized carbons (Fsp3) is 0.286. The Morgan fingerprint density at radius 1 is 1.08 bits per heavy atom. The maximum absolute atomic E-state index is 12.6. The van der Waals surface area contributed by atoms with Gasteiger partial charge in [-0.25, -0.2) is 8.42 Å². The number of unbranched alkanes of at least 4 members (excludes halogenated alkanes) is 3. The lowest BCUT2D eigenvalue weighted by Gasteiger charge is -2.07. The molecule has 4 nitrogen and oxygen atoms in total. The lowest BCUT2D eigenvalue weighted by atomic mass is 10.2. The highest BCUT2D eigenvalue weighted by Crippen LogP contribution is 2.22. The molecule has 2 rings (SSSR count). The molecule has 136 valence electrons. The fourth-order valence-electron chi connectivity index (χ4n) is 2.46. The van der Waals surface area contributed by atoms with Gasteiger partial charge >= 0.3 is 0 Å². The smallest absolute Gasteiger partial charge is 0.216 e. The summed E-state index contributed by atoms with van der Waals surface area (Å²) >= 11 is 0. The molecule has 0 saturated heterocycles. The zero-order chi connectivity index (χ0) is 18.8. The van der Waals surface area contributed by atoms with E-state index in [2.05, 4.69) is 6.92 Å². The number of ether oxygens (including phenoxy) is 1. The summed E-state index contributed by atoms with van der Waals surface area (Å²) in [5.41, 5.74) is 0.618. The maximum atomic E-state index is 12.6. The molecule has 0 saturated carbocycles. The van der Waals surface area contributed by atoms with Crippen molar-refractivity contribution >= 4 is 15.9 Å². The van der Waals surface area contributed by atoms with Crippen molar-refractivity contribution in [1.82, 2.24) is 0 Å². The minimum absolute atomic E-state index is 0.108. The molecular formula is C21H23NO3S. The van der Waals surface area contributed by atoms with Gasteiger partial charge in [-0.2, -0.15) is 5.26 Å². The van der Waals surface area contributed by atoms with Crippen LogP contribution in [0.1, 0.15) is 38.2 Å². The summed E-state index contributed by atoms with van der Waals surface area (Å²) in [6.07, 6.45) is 5.86. The van der Waals surface area contributed by atoms with Gasteiger partial charge in [0.25, 0.3) is 0 Å². The molecule has 0 aliphatic carbocycles. The standard InChI is InChI=1S/C21H23NO3S/c1-2-3-4-8-14-25-19-11-9-10-18(15-19)16-21(17-22)26(23,24)20-12-6-5-7-13-20/h5-7,9-13,15-16H,2-4,8,14H2,1H3. The molecule has 0 atom stereocenters. The van der Waals surface area contributed by atoms with Crippen LogP contribution in [0.3, 0.4) is 0 Å². The van der Waals surface area contributed by atoms with Crippen molar-refractivity contribution in [3.63, 3.8) is 0 Å². The van der Waals surface area contributed by atoms with E-state index in [-0.39, 0.29) is 9.80 Å². The first-order chi connectivity index (χ1) is 12.6. The van der Waals surface area contributed by atoms with Crippen molar-refractivity contribution < 1.29 is 13.2 Å². The van der Waals surface area contributed by atoms with Gasteiger partial charge in [0, 0.05) is 0 Å². The molecule has 0 aliphatic rings. The van der Waals surface area contributed by atoms with Crippen LogP contribution in [-0.2, 0) is 9.84 Å². The molecule has 0 N–H and O–H groups in total. The first-order valence-corrected chi connectivity index (χ1v) is 10.2. The zero-order valence-corrected chi connectivity index (χ0v) is 15.7. The van der Waals surface area contributed by atoms with Crippen molar-refractivity contribution in [1.29, 1.82) is 5.26 Å². The summed E-state index contributed by atoms with van der Waals surface area (Å²) in [5.74, 6) is 0.671. The number of nitrogens with zero attached hydrogens (tertiary/aromatic N) is 1. The van der Waals surface area contributed by atoms with Crippen LogP contribution in [0, 0.1) is 11.3 Å². The van der Waals surface area contributed by atoms with Gasteiger partial charge in [-0.1, -0.05) is 56.5 Å². The van der Waals surface area contributed by atoms with Crippen molar-refractivity contribution in [2.75, 3.05) is 6.61 Å². The number of hydrogen-bond donors (Lipinski definition) is 0. The van der Waals surface area contributed by atoms with Gasteiger partial charge in [0.15, 0.2) is 0 Å². The number of benzene rings is 2. The van der Waals surface area contributed by atoms with E-state index >= 15 is 0 Å². The molecule has 0 spiro atoms. The zero-order valence-electron chi connectivity index (χ0n) is 14.9. The van der Waals surface area contributed by atoms with Gasteiger partial charge < -0.3 is 4.74 Å². The Morgan fingerprint density at radius 3 is 2.54 bits per heavy atom. The highest BCUT2D eigenvalue weighted by Gasteiger charge is 2.20. The van der Waals surface area contributed by atoms with Gasteiger partial charge in [-0.05, 0) is 42.3 Å². The average Bonchev–Trinajstić information content (AvgIpc) is 2.67. The van der Waals surface area contributed by atoms with Crippen LogP contribution in [0.25, 0.3) is 6.08 Å². The molecule has 0 unspecified atom stereocenters. The van der Waals surface area contributed by atoms with Gasteiger partial charge in [0.2, 0.25) is 9.84 Å². The summed E-state index contributed by atoms with van der Waals surface area (Å²) in [6.45, 7) is 2.79. The lowest BCUT2D eigenvalue weighted by molar-refractivity contribution is 0.305. The van der Waals surface area contributed by atoms with Crippen LogP contribution in [0.15, 0.2) is 64.4 Å². The van der Waals surface area contributed by atoms with E-state index in [1.807, 2.05) is 12.1 Å². The molecule has 26 heavy (non-hydrogen) atoms. The van der Waals surface area contributed by atoms with E-state index in [9.17, 15) is 13.7 Å². The summed E-state index contributed by atoms with van der Waals surface area (Å²) in [4.78, 5) is -0.181. The van der Waals surface area contributed by atoms with Crippen LogP contribution in [0.4, 0.5) is 0 Å². The number of sulfone groups is 1. The highest BCUT2D eigenvalue weighted by molar-refractivity contribution is 7.95. The quantitative estimate of drug-likeness (QED) is 0.461. The predicted molar refractivity (Wildman–Crippen MR) is 103 cm³/mol. The average molecular weight is 369 g/mol. The van der Waals surface area contributed by atoms with E-state index in [0.717, 1.165) is 12.8 Å².